The van der Waals surface area contributed by atoms with Gasteiger partial charge >= 0.3 is 0 Å². The van der Waals surface area contributed by atoms with E-state index in [2.05, 4.69) is 40.9 Å². The van der Waals surface area contributed by atoms with E-state index < -0.39 is 0 Å². The first-order valence-corrected chi connectivity index (χ1v) is 11.1. The van der Waals surface area contributed by atoms with Gasteiger partial charge in [-0.25, -0.2) is 5.43 Å². The summed E-state index contributed by atoms with van der Waals surface area (Å²) in [4.78, 5) is 12.3. The van der Waals surface area contributed by atoms with Crippen molar-refractivity contribution in [3.05, 3.63) is 112 Å². The van der Waals surface area contributed by atoms with E-state index in [-0.39, 0.29) is 12.3 Å². The lowest BCUT2D eigenvalue weighted by Crippen LogP contribution is -2.20. The molecule has 0 fully saturated rings. The van der Waals surface area contributed by atoms with Crippen LogP contribution in [0.5, 0.6) is 5.75 Å². The first-order chi connectivity index (χ1) is 16.0. The lowest BCUT2D eigenvalue weighted by atomic mass is 10.0. The maximum Gasteiger partial charge on any atom is 0.244 e. The third kappa shape index (κ3) is 5.79. The number of aryl methyl sites for hydroxylation is 2. The predicted octanol–water partition coefficient (Wildman–Crippen LogP) is 6.38. The number of nitrogens with zero attached hydrogens (tertiary/aromatic N) is 1. The molecule has 0 spiro atoms. The number of ether oxygens (including phenoxy) is 1. The Balaban J connectivity index is 1.44. The molecule has 4 aromatic rings. The van der Waals surface area contributed by atoms with Crippen LogP contribution < -0.4 is 10.2 Å². The zero-order valence-corrected chi connectivity index (χ0v) is 19.4. The third-order valence-corrected chi connectivity index (χ3v) is 5.71. The van der Waals surface area contributed by atoms with E-state index in [1.54, 1.807) is 18.3 Å². The summed E-state index contributed by atoms with van der Waals surface area (Å²) in [6.45, 7) is 4.44. The highest BCUT2D eigenvalue weighted by molar-refractivity contribution is 6.30. The maximum absolute atomic E-state index is 12.3. The van der Waals surface area contributed by atoms with Gasteiger partial charge in [0.25, 0.3) is 0 Å². The topological polar surface area (TPSA) is 50.7 Å². The van der Waals surface area contributed by atoms with Crippen LogP contribution in [-0.4, -0.2) is 12.1 Å². The number of hydrogen-bond acceptors (Lipinski definition) is 3. The van der Waals surface area contributed by atoms with Crippen molar-refractivity contribution in [2.75, 3.05) is 0 Å². The number of fused-ring (bicyclic) bond motifs is 1. The Hall–Kier alpha value is -3.63. The van der Waals surface area contributed by atoms with Gasteiger partial charge < -0.3 is 4.74 Å². The molecule has 33 heavy (non-hydrogen) atoms. The Morgan fingerprint density at radius 3 is 2.64 bits per heavy atom. The van der Waals surface area contributed by atoms with Crippen molar-refractivity contribution in [3.63, 3.8) is 0 Å². The SMILES string of the molecule is Cc1ccc(CC(=O)N/N=C/c2cc(Cl)ccc2OCc2cccc3ccccc23)c(C)c1. The zero-order chi connectivity index (χ0) is 23.2. The molecule has 0 radical (unpaired) electrons. The standard InChI is InChI=1S/C28H25ClN2O2/c1-19-10-11-22(20(2)14-19)16-28(32)31-30-17-24-15-25(29)12-13-27(24)33-18-23-8-5-7-21-6-3-4-9-26(21)23/h3-15,17H,16,18H2,1-2H3,(H,31,32)/b30-17+. The molecule has 4 nitrogen and oxygen atoms in total. The van der Waals surface area contributed by atoms with Crippen LogP contribution >= 0.6 is 11.6 Å². The second-order valence-corrected chi connectivity index (χ2v) is 8.45. The molecule has 0 aliphatic carbocycles. The molecule has 0 bridgehead atoms. The fraction of sp³-hybridized carbons (Fsp3) is 0.143. The third-order valence-electron chi connectivity index (χ3n) is 5.48. The van der Waals surface area contributed by atoms with Crippen LogP contribution in [0.4, 0.5) is 0 Å². The van der Waals surface area contributed by atoms with Gasteiger partial charge in [-0.05, 0) is 59.5 Å². The molecule has 5 heteroatoms. The Morgan fingerprint density at radius 1 is 0.970 bits per heavy atom. The van der Waals surface area contributed by atoms with E-state index in [0.717, 1.165) is 22.1 Å². The molecule has 4 rings (SSSR count). The van der Waals surface area contributed by atoms with Gasteiger partial charge in [-0.1, -0.05) is 77.8 Å². The van der Waals surface area contributed by atoms with Crippen LogP contribution in [0.3, 0.4) is 0 Å². The molecule has 1 amide bonds. The Kier molecular flexibility index (Phi) is 7.06. The molecule has 0 aliphatic heterocycles. The number of rotatable bonds is 7. The van der Waals surface area contributed by atoms with Gasteiger partial charge in [0.15, 0.2) is 0 Å². The van der Waals surface area contributed by atoms with Gasteiger partial charge in [0.2, 0.25) is 5.91 Å². The molecular formula is C28H25ClN2O2. The average Bonchev–Trinajstić information content (AvgIpc) is 2.80. The van der Waals surface area contributed by atoms with Crippen molar-refractivity contribution < 1.29 is 9.53 Å². The van der Waals surface area contributed by atoms with Crippen molar-refractivity contribution in [3.8, 4) is 5.75 Å². The molecule has 1 N–H and O–H groups in total. The summed E-state index contributed by atoms with van der Waals surface area (Å²) in [7, 11) is 0. The second kappa shape index (κ2) is 10.3. The van der Waals surface area contributed by atoms with Crippen LogP contribution in [-0.2, 0) is 17.8 Å². The van der Waals surface area contributed by atoms with Crippen molar-refractivity contribution in [1.29, 1.82) is 0 Å². The zero-order valence-electron chi connectivity index (χ0n) is 18.6. The largest absolute Gasteiger partial charge is 0.488 e. The first-order valence-electron chi connectivity index (χ1n) is 10.8. The van der Waals surface area contributed by atoms with Crippen LogP contribution in [0.2, 0.25) is 5.02 Å². The highest BCUT2D eigenvalue weighted by Gasteiger charge is 2.08. The normalized spacial score (nSPS) is 11.1. The molecule has 0 aromatic heterocycles. The van der Waals surface area contributed by atoms with Crippen LogP contribution in [0.25, 0.3) is 10.8 Å². The molecule has 0 aliphatic rings. The van der Waals surface area contributed by atoms with Crippen LogP contribution in [0.15, 0.2) is 84.0 Å². The lowest BCUT2D eigenvalue weighted by Gasteiger charge is -2.11. The summed E-state index contributed by atoms with van der Waals surface area (Å²) in [6.07, 6.45) is 1.83. The van der Waals surface area contributed by atoms with Crippen molar-refractivity contribution in [1.82, 2.24) is 5.43 Å². The summed E-state index contributed by atoms with van der Waals surface area (Å²) in [5.74, 6) is 0.457. The summed E-state index contributed by atoms with van der Waals surface area (Å²) < 4.78 is 6.10. The Morgan fingerprint density at radius 2 is 1.79 bits per heavy atom. The van der Waals surface area contributed by atoms with Crippen molar-refractivity contribution in [2.45, 2.75) is 26.9 Å². The van der Waals surface area contributed by atoms with E-state index in [4.69, 9.17) is 16.3 Å². The molecule has 166 valence electrons. The Labute approximate surface area is 198 Å². The highest BCUT2D eigenvalue weighted by atomic mass is 35.5. The van der Waals surface area contributed by atoms with E-state index in [9.17, 15) is 4.79 Å². The van der Waals surface area contributed by atoms with E-state index >= 15 is 0 Å². The Bertz CT molecular complexity index is 1330. The quantitative estimate of drug-likeness (QED) is 0.259. The van der Waals surface area contributed by atoms with Crippen LogP contribution in [0.1, 0.15) is 27.8 Å². The number of carbonyl (C=O) groups excluding carboxylic acids is 1. The molecule has 0 heterocycles. The molecule has 0 unspecified atom stereocenters. The summed E-state index contributed by atoms with van der Waals surface area (Å²) in [5.41, 5.74) is 7.62. The number of benzene rings is 4. The van der Waals surface area contributed by atoms with Crippen molar-refractivity contribution in [2.24, 2.45) is 5.10 Å². The summed E-state index contributed by atoms with van der Waals surface area (Å²) >= 11 is 6.19. The summed E-state index contributed by atoms with van der Waals surface area (Å²) in [6, 6.07) is 25.8. The van der Waals surface area contributed by atoms with Crippen molar-refractivity contribution >= 4 is 34.5 Å². The molecule has 0 saturated carbocycles. The highest BCUT2D eigenvalue weighted by Crippen LogP contribution is 2.24. The molecule has 0 saturated heterocycles. The molecule has 0 atom stereocenters. The number of halogens is 1. The van der Waals surface area contributed by atoms with Gasteiger partial charge in [-0.15, -0.1) is 0 Å². The number of nitrogens with one attached hydrogen (secondary N) is 1. The van der Waals surface area contributed by atoms with E-state index in [1.807, 2.05) is 50.2 Å². The van der Waals surface area contributed by atoms with Gasteiger partial charge in [0, 0.05) is 10.6 Å². The monoisotopic (exact) mass is 456 g/mol. The average molecular weight is 457 g/mol. The first kappa shape index (κ1) is 22.6. The smallest absolute Gasteiger partial charge is 0.244 e. The van der Waals surface area contributed by atoms with Gasteiger partial charge in [0.1, 0.15) is 12.4 Å². The van der Waals surface area contributed by atoms with Gasteiger partial charge in [-0.2, -0.15) is 5.10 Å². The minimum atomic E-state index is -0.182. The van der Waals surface area contributed by atoms with E-state index in [0.29, 0.717) is 22.9 Å². The number of hydrogen-bond donors (Lipinski definition) is 1. The predicted molar refractivity (Wildman–Crippen MR) is 135 cm³/mol. The molecule has 4 aromatic carbocycles. The second-order valence-electron chi connectivity index (χ2n) is 8.01. The van der Waals surface area contributed by atoms with Crippen LogP contribution in [0, 0.1) is 13.8 Å². The number of carbonyl (C=O) groups is 1. The molecular weight excluding hydrogens is 432 g/mol. The fourth-order valence-electron chi connectivity index (χ4n) is 3.76. The minimum Gasteiger partial charge on any atom is -0.488 e. The number of hydrazone groups is 1. The maximum atomic E-state index is 12.3. The van der Waals surface area contributed by atoms with Gasteiger partial charge in [0.05, 0.1) is 12.6 Å². The lowest BCUT2D eigenvalue weighted by molar-refractivity contribution is -0.120. The minimum absolute atomic E-state index is 0.182. The van der Waals surface area contributed by atoms with Gasteiger partial charge in [-0.3, -0.25) is 4.79 Å². The fourth-order valence-corrected chi connectivity index (χ4v) is 3.94. The number of amides is 1. The van der Waals surface area contributed by atoms with E-state index in [1.165, 1.54) is 10.9 Å². The summed E-state index contributed by atoms with van der Waals surface area (Å²) in [5, 5.41) is 7.02.